The molecule has 0 aliphatic carbocycles. The normalized spacial score (nSPS) is 11.2. The molecule has 0 bridgehead atoms. The maximum atomic E-state index is 12.7. The third-order valence-corrected chi connectivity index (χ3v) is 3.76. The third kappa shape index (κ3) is 2.65. The van der Waals surface area contributed by atoms with Gasteiger partial charge in [0.1, 0.15) is 5.82 Å². The lowest BCUT2D eigenvalue weighted by atomic mass is 10.3. The number of sulfonamides is 1. The molecule has 2 rings (SSSR count). The molecular formula is C12H11FN2O2S. The summed E-state index contributed by atoms with van der Waals surface area (Å²) in [5, 5.41) is 0. The Kier molecular flexibility index (Phi) is 3.29. The number of benzene rings is 1. The number of aromatic nitrogens is 1. The van der Waals surface area contributed by atoms with Gasteiger partial charge < -0.3 is 0 Å². The zero-order chi connectivity index (χ0) is 13.2. The van der Waals surface area contributed by atoms with E-state index in [4.69, 9.17) is 0 Å². The second-order valence-corrected chi connectivity index (χ2v) is 5.38. The van der Waals surface area contributed by atoms with Crippen molar-refractivity contribution >= 4 is 15.7 Å². The van der Waals surface area contributed by atoms with Crippen LogP contribution in [0.4, 0.5) is 10.1 Å². The minimum atomic E-state index is -3.71. The molecule has 0 atom stereocenters. The fourth-order valence-corrected chi connectivity index (χ4v) is 2.53. The SMILES string of the molecule is Cc1ncccc1NS(=O)(=O)c1ccc(F)cc1. The molecule has 18 heavy (non-hydrogen) atoms. The monoisotopic (exact) mass is 266 g/mol. The molecule has 0 saturated heterocycles. The highest BCUT2D eigenvalue weighted by molar-refractivity contribution is 7.92. The van der Waals surface area contributed by atoms with E-state index in [0.29, 0.717) is 11.4 Å². The molecule has 0 fully saturated rings. The fraction of sp³-hybridized carbons (Fsp3) is 0.0833. The summed E-state index contributed by atoms with van der Waals surface area (Å²) >= 11 is 0. The van der Waals surface area contributed by atoms with Crippen LogP contribution in [-0.4, -0.2) is 13.4 Å². The first-order valence-corrected chi connectivity index (χ1v) is 6.67. The van der Waals surface area contributed by atoms with Crippen LogP contribution in [0.15, 0.2) is 47.5 Å². The molecule has 2 aromatic rings. The molecule has 0 amide bonds. The second kappa shape index (κ2) is 4.73. The quantitative estimate of drug-likeness (QED) is 0.927. The van der Waals surface area contributed by atoms with Gasteiger partial charge in [-0.05, 0) is 43.3 Å². The van der Waals surface area contributed by atoms with Gasteiger partial charge in [-0.25, -0.2) is 12.8 Å². The number of pyridine rings is 1. The molecule has 1 aromatic heterocycles. The predicted molar refractivity (Wildman–Crippen MR) is 66.2 cm³/mol. The van der Waals surface area contributed by atoms with Crippen LogP contribution in [0, 0.1) is 12.7 Å². The van der Waals surface area contributed by atoms with E-state index in [1.165, 1.54) is 12.1 Å². The lowest BCUT2D eigenvalue weighted by Crippen LogP contribution is -2.14. The van der Waals surface area contributed by atoms with E-state index in [0.717, 1.165) is 12.1 Å². The van der Waals surface area contributed by atoms with E-state index in [-0.39, 0.29) is 4.90 Å². The van der Waals surface area contributed by atoms with Crippen molar-refractivity contribution in [1.29, 1.82) is 0 Å². The van der Waals surface area contributed by atoms with Crippen molar-refractivity contribution in [2.75, 3.05) is 4.72 Å². The first-order valence-electron chi connectivity index (χ1n) is 5.19. The molecule has 4 nitrogen and oxygen atoms in total. The van der Waals surface area contributed by atoms with Crippen molar-refractivity contribution in [2.24, 2.45) is 0 Å². The van der Waals surface area contributed by atoms with Crippen LogP contribution in [0.25, 0.3) is 0 Å². The van der Waals surface area contributed by atoms with Crippen LogP contribution < -0.4 is 4.72 Å². The molecule has 0 saturated carbocycles. The lowest BCUT2D eigenvalue weighted by molar-refractivity contribution is 0.599. The van der Waals surface area contributed by atoms with E-state index in [1.807, 2.05) is 0 Å². The summed E-state index contributed by atoms with van der Waals surface area (Å²) in [6.45, 7) is 1.70. The van der Waals surface area contributed by atoms with Crippen LogP contribution in [0.5, 0.6) is 0 Å². The van der Waals surface area contributed by atoms with Gasteiger partial charge in [0, 0.05) is 6.20 Å². The van der Waals surface area contributed by atoms with Gasteiger partial charge in [0.15, 0.2) is 0 Å². The number of rotatable bonds is 3. The summed E-state index contributed by atoms with van der Waals surface area (Å²) in [6.07, 6.45) is 1.57. The third-order valence-electron chi connectivity index (χ3n) is 2.38. The van der Waals surface area contributed by atoms with Crippen molar-refractivity contribution in [3.8, 4) is 0 Å². The molecule has 1 N–H and O–H groups in total. The largest absolute Gasteiger partial charge is 0.278 e. The van der Waals surface area contributed by atoms with Gasteiger partial charge in [-0.15, -0.1) is 0 Å². The van der Waals surface area contributed by atoms with Crippen molar-refractivity contribution in [3.05, 3.63) is 54.1 Å². The van der Waals surface area contributed by atoms with Gasteiger partial charge in [0.2, 0.25) is 0 Å². The van der Waals surface area contributed by atoms with Crippen molar-refractivity contribution in [2.45, 2.75) is 11.8 Å². The topological polar surface area (TPSA) is 59.1 Å². The summed E-state index contributed by atoms with van der Waals surface area (Å²) in [5.41, 5.74) is 0.977. The van der Waals surface area contributed by atoms with Gasteiger partial charge in [-0.3, -0.25) is 9.71 Å². The Morgan fingerprint density at radius 2 is 1.83 bits per heavy atom. The van der Waals surface area contributed by atoms with Crippen LogP contribution >= 0.6 is 0 Å². The Labute approximate surface area is 105 Å². The number of anilines is 1. The zero-order valence-electron chi connectivity index (χ0n) is 9.59. The van der Waals surface area contributed by atoms with Crippen LogP contribution in [-0.2, 0) is 10.0 Å². The average Bonchev–Trinajstić information content (AvgIpc) is 2.32. The minimum absolute atomic E-state index is 0.00662. The lowest BCUT2D eigenvalue weighted by Gasteiger charge is -2.09. The highest BCUT2D eigenvalue weighted by Gasteiger charge is 2.15. The fourth-order valence-electron chi connectivity index (χ4n) is 1.41. The van der Waals surface area contributed by atoms with E-state index >= 15 is 0 Å². The summed E-state index contributed by atoms with van der Waals surface area (Å²) in [4.78, 5) is 3.99. The summed E-state index contributed by atoms with van der Waals surface area (Å²) in [6, 6.07) is 7.88. The molecule has 0 aliphatic heterocycles. The Balaban J connectivity index is 2.33. The second-order valence-electron chi connectivity index (χ2n) is 3.70. The van der Waals surface area contributed by atoms with Gasteiger partial charge in [-0.2, -0.15) is 0 Å². The van der Waals surface area contributed by atoms with Gasteiger partial charge >= 0.3 is 0 Å². The number of hydrogen-bond acceptors (Lipinski definition) is 3. The number of nitrogens with zero attached hydrogens (tertiary/aromatic N) is 1. The summed E-state index contributed by atoms with van der Waals surface area (Å²) in [7, 11) is -3.71. The number of nitrogens with one attached hydrogen (secondary N) is 1. The smallest absolute Gasteiger partial charge is 0.261 e. The highest BCUT2D eigenvalue weighted by Crippen LogP contribution is 2.17. The number of aryl methyl sites for hydroxylation is 1. The predicted octanol–water partition coefficient (Wildman–Crippen LogP) is 2.33. The average molecular weight is 266 g/mol. The molecule has 0 aliphatic rings. The van der Waals surface area contributed by atoms with Crippen LogP contribution in [0.2, 0.25) is 0 Å². The molecular weight excluding hydrogens is 255 g/mol. The van der Waals surface area contributed by atoms with E-state index in [9.17, 15) is 12.8 Å². The van der Waals surface area contributed by atoms with Gasteiger partial charge in [0.05, 0.1) is 16.3 Å². The zero-order valence-corrected chi connectivity index (χ0v) is 10.4. The Morgan fingerprint density at radius 1 is 1.17 bits per heavy atom. The summed E-state index contributed by atoms with van der Waals surface area (Å²) in [5.74, 6) is -0.480. The van der Waals surface area contributed by atoms with Crippen LogP contribution in [0.1, 0.15) is 5.69 Å². The highest BCUT2D eigenvalue weighted by atomic mass is 32.2. The molecule has 1 aromatic carbocycles. The molecule has 1 heterocycles. The molecule has 0 spiro atoms. The Hall–Kier alpha value is -1.95. The minimum Gasteiger partial charge on any atom is -0.278 e. The van der Waals surface area contributed by atoms with E-state index < -0.39 is 15.8 Å². The number of halogens is 1. The molecule has 94 valence electrons. The Morgan fingerprint density at radius 3 is 2.44 bits per heavy atom. The van der Waals surface area contributed by atoms with Gasteiger partial charge in [-0.1, -0.05) is 0 Å². The maximum absolute atomic E-state index is 12.7. The van der Waals surface area contributed by atoms with Crippen molar-refractivity contribution in [3.63, 3.8) is 0 Å². The summed E-state index contributed by atoms with van der Waals surface area (Å²) < 4.78 is 39.2. The van der Waals surface area contributed by atoms with Crippen molar-refractivity contribution in [1.82, 2.24) is 4.98 Å². The number of hydrogen-bond donors (Lipinski definition) is 1. The standard InChI is InChI=1S/C12H11FN2O2S/c1-9-12(3-2-8-14-9)15-18(16,17)11-6-4-10(13)5-7-11/h2-8,15H,1H3. The van der Waals surface area contributed by atoms with Crippen molar-refractivity contribution < 1.29 is 12.8 Å². The maximum Gasteiger partial charge on any atom is 0.261 e. The molecule has 0 unspecified atom stereocenters. The first kappa shape index (κ1) is 12.5. The molecule has 0 radical (unpaired) electrons. The van der Waals surface area contributed by atoms with E-state index in [2.05, 4.69) is 9.71 Å². The first-order chi connectivity index (χ1) is 8.49. The Bertz CT molecular complexity index is 654. The van der Waals surface area contributed by atoms with Crippen LogP contribution in [0.3, 0.4) is 0 Å². The van der Waals surface area contributed by atoms with Gasteiger partial charge in [0.25, 0.3) is 10.0 Å². The van der Waals surface area contributed by atoms with E-state index in [1.54, 1.807) is 25.3 Å². The molecule has 6 heteroatoms.